The van der Waals surface area contributed by atoms with E-state index in [-0.39, 0.29) is 12.3 Å². The predicted octanol–water partition coefficient (Wildman–Crippen LogP) is 3.72. The molecule has 2 aromatic carbocycles. The van der Waals surface area contributed by atoms with E-state index < -0.39 is 0 Å². The molecule has 0 saturated carbocycles. The molecule has 0 bridgehead atoms. The molecule has 0 saturated heterocycles. The molecule has 0 heterocycles. The highest BCUT2D eigenvalue weighted by molar-refractivity contribution is 5.92. The average Bonchev–Trinajstić information content (AvgIpc) is 2.49. The second-order valence-corrected chi connectivity index (χ2v) is 5.12. The van der Waals surface area contributed by atoms with Gasteiger partial charge in [-0.3, -0.25) is 4.79 Å². The number of aryl methyl sites for hydroxylation is 2. The highest BCUT2D eigenvalue weighted by Crippen LogP contribution is 2.25. The summed E-state index contributed by atoms with van der Waals surface area (Å²) in [7, 11) is 1.58. The maximum Gasteiger partial charge on any atom is 0.227 e. The second-order valence-electron chi connectivity index (χ2n) is 5.12. The molecule has 2 aromatic rings. The molecule has 116 valence electrons. The van der Waals surface area contributed by atoms with Crippen LogP contribution in [0.1, 0.15) is 17.5 Å². The molecule has 1 amide bonds. The third-order valence-corrected chi connectivity index (χ3v) is 3.31. The van der Waals surface area contributed by atoms with Crippen LogP contribution in [0.25, 0.3) is 0 Å². The van der Waals surface area contributed by atoms with Crippen molar-refractivity contribution in [3.8, 4) is 11.5 Å². The summed E-state index contributed by atoms with van der Waals surface area (Å²) in [4.78, 5) is 12.0. The van der Waals surface area contributed by atoms with E-state index in [4.69, 9.17) is 9.47 Å². The van der Waals surface area contributed by atoms with Gasteiger partial charge in [0.15, 0.2) is 0 Å². The quantitative estimate of drug-likeness (QED) is 0.884. The highest BCUT2D eigenvalue weighted by atomic mass is 16.5. The number of nitrogens with one attached hydrogen (secondary N) is 1. The minimum Gasteiger partial charge on any atom is -0.495 e. The van der Waals surface area contributed by atoms with Crippen LogP contribution in [0, 0.1) is 13.8 Å². The van der Waals surface area contributed by atoms with Gasteiger partial charge in [0.1, 0.15) is 11.5 Å². The Morgan fingerprint density at radius 3 is 2.59 bits per heavy atom. The van der Waals surface area contributed by atoms with Crippen molar-refractivity contribution in [2.24, 2.45) is 0 Å². The molecule has 0 aromatic heterocycles. The Hall–Kier alpha value is -2.49. The van der Waals surface area contributed by atoms with Crippen LogP contribution in [0.3, 0.4) is 0 Å². The fraction of sp³-hybridized carbons (Fsp3) is 0.278. The van der Waals surface area contributed by atoms with E-state index in [9.17, 15) is 4.79 Å². The van der Waals surface area contributed by atoms with Crippen molar-refractivity contribution in [3.63, 3.8) is 0 Å². The van der Waals surface area contributed by atoms with Crippen molar-refractivity contribution in [2.45, 2.75) is 20.3 Å². The zero-order valence-corrected chi connectivity index (χ0v) is 13.2. The normalized spacial score (nSPS) is 10.1. The summed E-state index contributed by atoms with van der Waals surface area (Å²) in [5, 5.41) is 2.86. The van der Waals surface area contributed by atoms with Gasteiger partial charge in [0.25, 0.3) is 0 Å². The van der Waals surface area contributed by atoms with Gasteiger partial charge in [-0.1, -0.05) is 24.3 Å². The van der Waals surface area contributed by atoms with Crippen molar-refractivity contribution < 1.29 is 14.3 Å². The number of carbonyl (C=O) groups is 1. The molecule has 4 nitrogen and oxygen atoms in total. The summed E-state index contributed by atoms with van der Waals surface area (Å²) in [6.45, 7) is 4.29. The predicted molar refractivity (Wildman–Crippen MR) is 87.7 cm³/mol. The Morgan fingerprint density at radius 1 is 1.09 bits per heavy atom. The lowest BCUT2D eigenvalue weighted by Gasteiger charge is -2.12. The number of carbonyl (C=O) groups excluding carboxylic acids is 1. The van der Waals surface area contributed by atoms with Gasteiger partial charge in [-0.15, -0.1) is 0 Å². The Bertz CT molecular complexity index is 653. The first-order valence-corrected chi connectivity index (χ1v) is 7.23. The van der Waals surface area contributed by atoms with E-state index in [1.54, 1.807) is 7.11 Å². The Balaban J connectivity index is 1.88. The number of amides is 1. The Morgan fingerprint density at radius 2 is 1.86 bits per heavy atom. The van der Waals surface area contributed by atoms with Crippen LogP contribution < -0.4 is 14.8 Å². The highest BCUT2D eigenvalue weighted by Gasteiger charge is 2.08. The fourth-order valence-corrected chi connectivity index (χ4v) is 2.10. The van der Waals surface area contributed by atoms with Crippen LogP contribution in [-0.4, -0.2) is 19.6 Å². The molecule has 0 atom stereocenters. The maximum atomic E-state index is 12.0. The van der Waals surface area contributed by atoms with E-state index in [2.05, 4.69) is 5.32 Å². The lowest BCUT2D eigenvalue weighted by molar-refractivity contribution is -0.116. The Labute approximate surface area is 131 Å². The van der Waals surface area contributed by atoms with E-state index >= 15 is 0 Å². The topological polar surface area (TPSA) is 47.6 Å². The lowest BCUT2D eigenvalue weighted by atomic mass is 10.2. The second kappa shape index (κ2) is 7.50. The molecule has 0 aliphatic carbocycles. The standard InChI is InChI=1S/C18H21NO3/c1-13-8-9-17(21-3)15(12-13)19-18(20)10-11-22-16-7-5-4-6-14(16)2/h4-9,12H,10-11H2,1-3H3,(H,19,20). The van der Waals surface area contributed by atoms with Gasteiger partial charge in [-0.2, -0.15) is 0 Å². The maximum absolute atomic E-state index is 12.0. The van der Waals surface area contributed by atoms with Crippen LogP contribution in [0.15, 0.2) is 42.5 Å². The van der Waals surface area contributed by atoms with Gasteiger partial charge < -0.3 is 14.8 Å². The number of ether oxygens (including phenoxy) is 2. The summed E-state index contributed by atoms with van der Waals surface area (Å²) < 4.78 is 10.9. The van der Waals surface area contributed by atoms with Crippen LogP contribution in [0.4, 0.5) is 5.69 Å². The van der Waals surface area contributed by atoms with Crippen molar-refractivity contribution in [3.05, 3.63) is 53.6 Å². The number of methoxy groups -OCH3 is 1. The minimum atomic E-state index is -0.0996. The van der Waals surface area contributed by atoms with Gasteiger partial charge >= 0.3 is 0 Å². The summed E-state index contributed by atoms with van der Waals surface area (Å²) in [5.41, 5.74) is 2.80. The molecule has 0 unspecified atom stereocenters. The van der Waals surface area contributed by atoms with E-state index in [0.29, 0.717) is 18.0 Å². The molecule has 0 radical (unpaired) electrons. The van der Waals surface area contributed by atoms with Crippen LogP contribution in [-0.2, 0) is 4.79 Å². The molecule has 0 aliphatic heterocycles. The molecular formula is C18H21NO3. The summed E-state index contributed by atoms with van der Waals surface area (Å²) in [6.07, 6.45) is 0.283. The molecule has 1 N–H and O–H groups in total. The number of anilines is 1. The van der Waals surface area contributed by atoms with Gasteiger partial charge in [0.2, 0.25) is 5.91 Å². The van der Waals surface area contributed by atoms with Crippen molar-refractivity contribution in [2.75, 3.05) is 19.0 Å². The van der Waals surface area contributed by atoms with E-state index in [1.807, 2.05) is 56.3 Å². The molecule has 0 fully saturated rings. The van der Waals surface area contributed by atoms with Gasteiger partial charge in [-0.25, -0.2) is 0 Å². The van der Waals surface area contributed by atoms with Gasteiger partial charge in [0.05, 0.1) is 25.8 Å². The first kappa shape index (κ1) is 15.9. The van der Waals surface area contributed by atoms with Crippen LogP contribution >= 0.6 is 0 Å². The smallest absolute Gasteiger partial charge is 0.227 e. The molecular weight excluding hydrogens is 278 g/mol. The first-order chi connectivity index (χ1) is 10.6. The number of para-hydroxylation sites is 1. The minimum absolute atomic E-state index is 0.0996. The summed E-state index contributed by atoms with van der Waals surface area (Å²) >= 11 is 0. The van der Waals surface area contributed by atoms with Crippen molar-refractivity contribution in [1.29, 1.82) is 0 Å². The third kappa shape index (κ3) is 4.25. The molecule has 2 rings (SSSR count). The summed E-state index contributed by atoms with van der Waals surface area (Å²) in [5.74, 6) is 1.36. The van der Waals surface area contributed by atoms with Crippen molar-refractivity contribution in [1.82, 2.24) is 0 Å². The van der Waals surface area contributed by atoms with Crippen molar-refractivity contribution >= 4 is 11.6 Å². The number of rotatable bonds is 6. The monoisotopic (exact) mass is 299 g/mol. The zero-order chi connectivity index (χ0) is 15.9. The molecule has 22 heavy (non-hydrogen) atoms. The summed E-state index contributed by atoms with van der Waals surface area (Å²) in [6, 6.07) is 13.4. The number of hydrogen-bond donors (Lipinski definition) is 1. The lowest BCUT2D eigenvalue weighted by Crippen LogP contribution is -2.16. The number of benzene rings is 2. The average molecular weight is 299 g/mol. The molecule has 4 heteroatoms. The van der Waals surface area contributed by atoms with E-state index in [0.717, 1.165) is 16.9 Å². The molecule has 0 aliphatic rings. The third-order valence-electron chi connectivity index (χ3n) is 3.31. The number of hydrogen-bond acceptors (Lipinski definition) is 3. The Kier molecular flexibility index (Phi) is 5.42. The fourth-order valence-electron chi connectivity index (χ4n) is 2.10. The first-order valence-electron chi connectivity index (χ1n) is 7.23. The largest absolute Gasteiger partial charge is 0.495 e. The van der Waals surface area contributed by atoms with Gasteiger partial charge in [0, 0.05) is 0 Å². The SMILES string of the molecule is COc1ccc(C)cc1NC(=O)CCOc1ccccc1C. The van der Waals surface area contributed by atoms with Gasteiger partial charge in [-0.05, 0) is 43.2 Å². The van der Waals surface area contributed by atoms with Crippen LogP contribution in [0.2, 0.25) is 0 Å². The van der Waals surface area contributed by atoms with Crippen LogP contribution in [0.5, 0.6) is 11.5 Å². The van der Waals surface area contributed by atoms with E-state index in [1.165, 1.54) is 0 Å². The zero-order valence-electron chi connectivity index (χ0n) is 13.2. The molecule has 0 spiro atoms.